The number of fused-ring (bicyclic) bond motifs is 3. The second-order valence-electron chi connectivity index (χ2n) is 9.34. The number of carbonyl (C=O) groups is 1. The molecule has 6 nitrogen and oxygen atoms in total. The van der Waals surface area contributed by atoms with Crippen LogP contribution >= 0.6 is 15.9 Å². The molecule has 1 aromatic heterocycles. The van der Waals surface area contributed by atoms with Gasteiger partial charge in [-0.05, 0) is 68.3 Å². The van der Waals surface area contributed by atoms with Gasteiger partial charge in [-0.25, -0.2) is 8.42 Å². The Labute approximate surface area is 220 Å². The molecule has 3 aromatic carbocycles. The van der Waals surface area contributed by atoms with Gasteiger partial charge in [0.2, 0.25) is 15.9 Å². The smallest absolute Gasteiger partial charge is 0.243 e. The fraction of sp³-hybridized carbons (Fsp3) is 0.321. The van der Waals surface area contributed by atoms with Gasteiger partial charge in [0.15, 0.2) is 0 Å². The van der Waals surface area contributed by atoms with E-state index in [1.54, 1.807) is 24.3 Å². The monoisotopic (exact) mass is 567 g/mol. The Kier molecular flexibility index (Phi) is 7.19. The minimum absolute atomic E-state index is 0.178. The van der Waals surface area contributed by atoms with Crippen molar-refractivity contribution in [2.75, 3.05) is 11.9 Å². The first kappa shape index (κ1) is 25.0. The molecule has 8 heteroatoms. The van der Waals surface area contributed by atoms with Crippen molar-refractivity contribution >= 4 is 59.4 Å². The van der Waals surface area contributed by atoms with E-state index in [1.807, 2.05) is 30.3 Å². The fourth-order valence-electron chi connectivity index (χ4n) is 5.34. The summed E-state index contributed by atoms with van der Waals surface area (Å²) in [5.41, 5.74) is 2.93. The van der Waals surface area contributed by atoms with Crippen molar-refractivity contribution in [3.63, 3.8) is 0 Å². The molecule has 0 radical (unpaired) electrons. The number of hydrogen-bond acceptors (Lipinski definition) is 3. The molecule has 0 aliphatic heterocycles. The fourth-order valence-corrected chi connectivity index (χ4v) is 7.24. The molecule has 0 saturated heterocycles. The van der Waals surface area contributed by atoms with Crippen molar-refractivity contribution in [2.45, 2.75) is 56.5 Å². The van der Waals surface area contributed by atoms with Crippen LogP contribution in [-0.4, -0.2) is 35.8 Å². The first-order valence-corrected chi connectivity index (χ1v) is 14.7. The van der Waals surface area contributed by atoms with E-state index in [1.165, 1.54) is 4.31 Å². The number of aryl methyl sites for hydroxylation is 1. The summed E-state index contributed by atoms with van der Waals surface area (Å²) in [7, 11) is -3.82. The average molecular weight is 569 g/mol. The highest BCUT2D eigenvalue weighted by molar-refractivity contribution is 9.10. The number of amides is 1. The van der Waals surface area contributed by atoms with Crippen molar-refractivity contribution in [2.24, 2.45) is 0 Å². The Morgan fingerprint density at radius 2 is 1.67 bits per heavy atom. The van der Waals surface area contributed by atoms with E-state index in [9.17, 15) is 13.2 Å². The van der Waals surface area contributed by atoms with Crippen LogP contribution in [0.2, 0.25) is 0 Å². The summed E-state index contributed by atoms with van der Waals surface area (Å²) in [5, 5.41) is 5.16. The molecule has 1 aliphatic rings. The molecule has 0 unspecified atom stereocenters. The average Bonchev–Trinajstić information content (AvgIpc) is 3.21. The number of anilines is 1. The predicted molar refractivity (Wildman–Crippen MR) is 149 cm³/mol. The van der Waals surface area contributed by atoms with Gasteiger partial charge >= 0.3 is 0 Å². The Morgan fingerprint density at radius 1 is 0.972 bits per heavy atom. The molecule has 0 bridgehead atoms. The molecule has 4 aromatic rings. The van der Waals surface area contributed by atoms with Gasteiger partial charge in [0, 0.05) is 44.6 Å². The van der Waals surface area contributed by atoms with Crippen molar-refractivity contribution in [1.29, 1.82) is 0 Å². The van der Waals surface area contributed by atoms with E-state index >= 15 is 0 Å². The van der Waals surface area contributed by atoms with Crippen LogP contribution in [0, 0.1) is 0 Å². The predicted octanol–water partition coefficient (Wildman–Crippen LogP) is 6.54. The molecule has 1 amide bonds. The quantitative estimate of drug-likeness (QED) is 0.275. The Bertz CT molecular complexity index is 1510. The number of sulfonamides is 1. The van der Waals surface area contributed by atoms with Gasteiger partial charge in [0.1, 0.15) is 0 Å². The third-order valence-electron chi connectivity index (χ3n) is 7.07. The second-order valence-corrected chi connectivity index (χ2v) is 12.1. The van der Waals surface area contributed by atoms with Gasteiger partial charge in [0.25, 0.3) is 0 Å². The lowest BCUT2D eigenvalue weighted by molar-refractivity contribution is -0.116. The van der Waals surface area contributed by atoms with Gasteiger partial charge in [-0.1, -0.05) is 53.4 Å². The maximum atomic E-state index is 13.6. The molecule has 1 fully saturated rings. The number of halogens is 1. The van der Waals surface area contributed by atoms with Crippen molar-refractivity contribution in [1.82, 2.24) is 8.87 Å². The summed E-state index contributed by atoms with van der Waals surface area (Å²) in [6, 6.07) is 20.6. The molecule has 1 aliphatic carbocycles. The van der Waals surface area contributed by atoms with E-state index in [2.05, 4.69) is 44.9 Å². The Balaban J connectivity index is 1.43. The highest BCUT2D eigenvalue weighted by atomic mass is 79.9. The lowest BCUT2D eigenvalue weighted by Gasteiger charge is -2.33. The number of hydrogen-bond donors (Lipinski definition) is 1. The topological polar surface area (TPSA) is 71.4 Å². The number of para-hydroxylation sites is 1. The highest BCUT2D eigenvalue weighted by Gasteiger charge is 2.34. The third kappa shape index (κ3) is 4.82. The summed E-state index contributed by atoms with van der Waals surface area (Å²) in [6.45, 7) is 2.76. The number of benzene rings is 3. The van der Waals surface area contributed by atoms with Crippen LogP contribution in [0.5, 0.6) is 0 Å². The van der Waals surface area contributed by atoms with Crippen molar-refractivity contribution in [3.8, 4) is 0 Å². The van der Waals surface area contributed by atoms with Crippen molar-refractivity contribution < 1.29 is 13.2 Å². The maximum absolute atomic E-state index is 13.6. The second kappa shape index (κ2) is 10.4. The first-order chi connectivity index (χ1) is 17.4. The lowest BCUT2D eigenvalue weighted by atomic mass is 9.95. The molecular formula is C28H30BrN3O3S. The number of carbonyl (C=O) groups excluding carboxylic acids is 1. The van der Waals surface area contributed by atoms with Crippen LogP contribution in [0.15, 0.2) is 76.1 Å². The van der Waals surface area contributed by atoms with Crippen LogP contribution < -0.4 is 5.32 Å². The van der Waals surface area contributed by atoms with Crippen LogP contribution in [0.3, 0.4) is 0 Å². The minimum atomic E-state index is -3.82. The molecule has 1 N–H and O–H groups in total. The van der Waals surface area contributed by atoms with Gasteiger partial charge in [-0.15, -0.1) is 0 Å². The summed E-state index contributed by atoms with van der Waals surface area (Å²) in [6.07, 6.45) is 4.57. The normalized spacial score (nSPS) is 15.1. The van der Waals surface area contributed by atoms with Crippen LogP contribution in [0.25, 0.3) is 21.8 Å². The standard InChI is InChI=1S/C28H30BrN3O3S/c1-2-31-26-11-7-6-10-24(26)25-18-21(14-17-27(25)31)30-28(33)19-32(22-8-4-3-5-9-22)36(34,35)23-15-12-20(29)13-16-23/h6-7,10-18,22H,2-5,8-9,19H2,1H3,(H,30,33). The summed E-state index contributed by atoms with van der Waals surface area (Å²) in [5.74, 6) is -0.333. The number of nitrogens with one attached hydrogen (secondary N) is 1. The number of rotatable bonds is 7. The third-order valence-corrected chi connectivity index (χ3v) is 9.52. The summed E-state index contributed by atoms with van der Waals surface area (Å²) in [4.78, 5) is 13.4. The lowest BCUT2D eigenvalue weighted by Crippen LogP contribution is -2.45. The van der Waals surface area contributed by atoms with E-state index in [0.29, 0.717) is 5.69 Å². The SMILES string of the molecule is CCn1c2ccccc2c2cc(NC(=O)CN(C3CCCCC3)S(=O)(=O)c3ccc(Br)cc3)ccc21. The Hall–Kier alpha value is -2.68. The molecule has 188 valence electrons. The maximum Gasteiger partial charge on any atom is 0.243 e. The zero-order chi connectivity index (χ0) is 25.3. The summed E-state index contributed by atoms with van der Waals surface area (Å²) >= 11 is 3.37. The largest absolute Gasteiger partial charge is 0.341 e. The summed E-state index contributed by atoms with van der Waals surface area (Å²) < 4.78 is 31.7. The van der Waals surface area contributed by atoms with E-state index in [0.717, 1.165) is 64.9 Å². The van der Waals surface area contributed by atoms with E-state index < -0.39 is 10.0 Å². The molecule has 36 heavy (non-hydrogen) atoms. The minimum Gasteiger partial charge on any atom is -0.341 e. The van der Waals surface area contributed by atoms with E-state index in [-0.39, 0.29) is 23.4 Å². The Morgan fingerprint density at radius 3 is 2.39 bits per heavy atom. The number of aromatic nitrogens is 1. The van der Waals surface area contributed by atoms with Gasteiger partial charge < -0.3 is 9.88 Å². The highest BCUT2D eigenvalue weighted by Crippen LogP contribution is 2.32. The van der Waals surface area contributed by atoms with E-state index in [4.69, 9.17) is 0 Å². The molecule has 5 rings (SSSR count). The van der Waals surface area contributed by atoms with Crippen LogP contribution in [-0.2, 0) is 21.4 Å². The molecule has 1 saturated carbocycles. The van der Waals surface area contributed by atoms with Gasteiger partial charge in [-0.3, -0.25) is 4.79 Å². The zero-order valence-electron chi connectivity index (χ0n) is 20.3. The number of nitrogens with zero attached hydrogens (tertiary/aromatic N) is 2. The first-order valence-electron chi connectivity index (χ1n) is 12.5. The molecule has 0 atom stereocenters. The van der Waals surface area contributed by atoms with Crippen LogP contribution in [0.1, 0.15) is 39.0 Å². The van der Waals surface area contributed by atoms with Crippen molar-refractivity contribution in [3.05, 3.63) is 71.2 Å². The molecule has 0 spiro atoms. The zero-order valence-corrected chi connectivity index (χ0v) is 22.7. The molecular weight excluding hydrogens is 538 g/mol. The van der Waals surface area contributed by atoms with Crippen LogP contribution in [0.4, 0.5) is 5.69 Å². The van der Waals surface area contributed by atoms with Gasteiger partial charge in [-0.2, -0.15) is 4.31 Å². The van der Waals surface area contributed by atoms with Gasteiger partial charge in [0.05, 0.1) is 11.4 Å². The molecule has 1 heterocycles.